The van der Waals surface area contributed by atoms with Crippen molar-refractivity contribution in [3.8, 4) is 0 Å². The number of hydrogen-bond acceptors (Lipinski definition) is 4. The van der Waals surface area contributed by atoms with Gasteiger partial charge in [-0.2, -0.15) is 0 Å². The van der Waals surface area contributed by atoms with Crippen LogP contribution in [0.3, 0.4) is 0 Å². The Labute approximate surface area is 180 Å². The minimum atomic E-state index is -0.779. The number of amides is 4. The second-order valence-electron chi connectivity index (χ2n) is 7.99. The third-order valence-electron chi connectivity index (χ3n) is 4.16. The van der Waals surface area contributed by atoms with Gasteiger partial charge in [-0.3, -0.25) is 10.1 Å². The van der Waals surface area contributed by atoms with E-state index < -0.39 is 35.5 Å². The smallest absolute Gasteiger partial charge is 0.412 e. The summed E-state index contributed by atoms with van der Waals surface area (Å²) in [6, 6.07) is 9.32. The lowest BCUT2D eigenvalue weighted by Crippen LogP contribution is -2.35. The van der Waals surface area contributed by atoms with Gasteiger partial charge in [0.2, 0.25) is 5.91 Å². The van der Waals surface area contributed by atoms with E-state index in [1.54, 1.807) is 32.9 Å². The van der Waals surface area contributed by atoms with Crippen molar-refractivity contribution < 1.29 is 23.5 Å². The quantitative estimate of drug-likeness (QED) is 0.548. The number of hydrogen-bond donors (Lipinski definition) is 4. The average molecular weight is 430 g/mol. The standard InChI is InChI=1S/C22H27FN4O4/c1-13-7-5-6-8-15(13)17(26-20(24)29)12-19(28)25-18-11-14(23)9-10-16(18)27-21(30)31-22(2,3)4/h5-11,17H,12H2,1-4H3,(H,25,28)(H,27,30)(H3,24,26,29). The van der Waals surface area contributed by atoms with Gasteiger partial charge in [-0.1, -0.05) is 24.3 Å². The lowest BCUT2D eigenvalue weighted by molar-refractivity contribution is -0.116. The number of benzene rings is 2. The average Bonchev–Trinajstić information content (AvgIpc) is 2.62. The summed E-state index contributed by atoms with van der Waals surface area (Å²) in [5.74, 6) is -1.12. The summed E-state index contributed by atoms with van der Waals surface area (Å²) in [7, 11) is 0. The number of rotatable bonds is 6. The predicted octanol–water partition coefficient (Wildman–Crippen LogP) is 4.22. The maximum Gasteiger partial charge on any atom is 0.412 e. The van der Waals surface area contributed by atoms with Crippen molar-refractivity contribution in [2.24, 2.45) is 5.73 Å². The number of carbonyl (C=O) groups excluding carboxylic acids is 3. The Morgan fingerprint density at radius 3 is 2.35 bits per heavy atom. The fraction of sp³-hybridized carbons (Fsp3) is 0.318. The fourth-order valence-electron chi connectivity index (χ4n) is 2.92. The molecule has 31 heavy (non-hydrogen) atoms. The molecular formula is C22H27FN4O4. The molecule has 2 aromatic rings. The monoisotopic (exact) mass is 430 g/mol. The van der Waals surface area contributed by atoms with Crippen molar-refractivity contribution in [3.05, 3.63) is 59.4 Å². The van der Waals surface area contributed by atoms with Crippen LogP contribution in [0.1, 0.15) is 44.4 Å². The van der Waals surface area contributed by atoms with Crippen LogP contribution in [-0.2, 0) is 9.53 Å². The lowest BCUT2D eigenvalue weighted by atomic mass is 9.98. The van der Waals surface area contributed by atoms with Crippen molar-refractivity contribution in [2.45, 2.75) is 45.8 Å². The third-order valence-corrected chi connectivity index (χ3v) is 4.16. The normalized spacial score (nSPS) is 11.9. The molecular weight excluding hydrogens is 403 g/mol. The van der Waals surface area contributed by atoms with Crippen molar-refractivity contribution >= 4 is 29.4 Å². The second-order valence-corrected chi connectivity index (χ2v) is 7.99. The Kier molecular flexibility index (Phi) is 7.57. The highest BCUT2D eigenvalue weighted by molar-refractivity contribution is 5.98. The van der Waals surface area contributed by atoms with E-state index in [1.165, 1.54) is 6.07 Å². The molecule has 166 valence electrons. The summed E-state index contributed by atoms with van der Waals surface area (Å²) in [5.41, 5.74) is 6.35. The fourth-order valence-corrected chi connectivity index (χ4v) is 2.92. The molecule has 5 N–H and O–H groups in total. The van der Waals surface area contributed by atoms with E-state index in [9.17, 15) is 18.8 Å². The number of urea groups is 1. The summed E-state index contributed by atoms with van der Waals surface area (Å²) in [5, 5.41) is 7.62. The number of ether oxygens (including phenoxy) is 1. The molecule has 8 nitrogen and oxygen atoms in total. The maximum atomic E-state index is 13.8. The van der Waals surface area contributed by atoms with Gasteiger partial charge in [0.25, 0.3) is 0 Å². The molecule has 0 bridgehead atoms. The van der Waals surface area contributed by atoms with Crippen molar-refractivity contribution in [3.63, 3.8) is 0 Å². The molecule has 0 saturated carbocycles. The summed E-state index contributed by atoms with van der Waals surface area (Å²) < 4.78 is 19.0. The highest BCUT2D eigenvalue weighted by Crippen LogP contribution is 2.26. The van der Waals surface area contributed by atoms with E-state index in [0.29, 0.717) is 0 Å². The van der Waals surface area contributed by atoms with Gasteiger partial charge in [0.05, 0.1) is 23.8 Å². The van der Waals surface area contributed by atoms with Crippen molar-refractivity contribution in [1.82, 2.24) is 5.32 Å². The number of carbonyl (C=O) groups is 3. The van der Waals surface area contributed by atoms with Gasteiger partial charge < -0.3 is 21.1 Å². The molecule has 9 heteroatoms. The van der Waals surface area contributed by atoms with E-state index in [-0.39, 0.29) is 17.8 Å². The highest BCUT2D eigenvalue weighted by atomic mass is 19.1. The van der Waals surface area contributed by atoms with Crippen LogP contribution in [0.5, 0.6) is 0 Å². The largest absolute Gasteiger partial charge is 0.444 e. The Bertz CT molecular complexity index is 972. The maximum absolute atomic E-state index is 13.8. The lowest BCUT2D eigenvalue weighted by Gasteiger charge is -2.21. The molecule has 0 spiro atoms. The van der Waals surface area contributed by atoms with Crippen LogP contribution < -0.4 is 21.7 Å². The van der Waals surface area contributed by atoms with E-state index >= 15 is 0 Å². The summed E-state index contributed by atoms with van der Waals surface area (Å²) in [6.07, 6.45) is -0.904. The number of halogens is 1. The van der Waals surface area contributed by atoms with E-state index in [0.717, 1.165) is 23.3 Å². The number of primary amides is 1. The molecule has 0 aliphatic carbocycles. The van der Waals surface area contributed by atoms with E-state index in [2.05, 4.69) is 16.0 Å². The molecule has 0 aliphatic heterocycles. The van der Waals surface area contributed by atoms with Gasteiger partial charge in [-0.25, -0.2) is 14.0 Å². The molecule has 1 unspecified atom stereocenters. The molecule has 2 rings (SSSR count). The minimum Gasteiger partial charge on any atom is -0.444 e. The Hall–Kier alpha value is -3.62. The summed E-state index contributed by atoms with van der Waals surface area (Å²) in [4.78, 5) is 36.2. The number of nitrogens with two attached hydrogens (primary N) is 1. The first kappa shape index (κ1) is 23.7. The van der Waals surface area contributed by atoms with E-state index in [1.807, 2.05) is 19.1 Å². The number of anilines is 2. The topological polar surface area (TPSA) is 123 Å². The Morgan fingerprint density at radius 2 is 1.74 bits per heavy atom. The van der Waals surface area contributed by atoms with Gasteiger partial charge in [0, 0.05) is 0 Å². The van der Waals surface area contributed by atoms with Crippen molar-refractivity contribution in [2.75, 3.05) is 10.6 Å². The van der Waals surface area contributed by atoms with Gasteiger partial charge in [0.15, 0.2) is 0 Å². The van der Waals surface area contributed by atoms with Gasteiger partial charge in [-0.15, -0.1) is 0 Å². The molecule has 2 aromatic carbocycles. The number of nitrogens with one attached hydrogen (secondary N) is 3. The first-order valence-electron chi connectivity index (χ1n) is 9.65. The summed E-state index contributed by atoms with van der Waals surface area (Å²) >= 11 is 0. The SMILES string of the molecule is Cc1ccccc1C(CC(=O)Nc1cc(F)ccc1NC(=O)OC(C)(C)C)NC(N)=O. The Morgan fingerprint density at radius 1 is 1.06 bits per heavy atom. The molecule has 0 aliphatic rings. The zero-order valence-electron chi connectivity index (χ0n) is 17.9. The second kappa shape index (κ2) is 9.92. The van der Waals surface area contributed by atoms with Crippen molar-refractivity contribution in [1.29, 1.82) is 0 Å². The zero-order chi connectivity index (χ0) is 23.2. The van der Waals surface area contributed by atoms with Crippen LogP contribution in [0.25, 0.3) is 0 Å². The molecule has 0 fully saturated rings. The van der Waals surface area contributed by atoms with Crippen LogP contribution in [-0.4, -0.2) is 23.6 Å². The molecule has 1 atom stereocenters. The van der Waals surface area contributed by atoms with Crippen LogP contribution in [0.15, 0.2) is 42.5 Å². The van der Waals surface area contributed by atoms with Crippen LogP contribution >= 0.6 is 0 Å². The van der Waals surface area contributed by atoms with Gasteiger partial charge in [0.1, 0.15) is 11.4 Å². The Balaban J connectivity index is 2.19. The van der Waals surface area contributed by atoms with Crippen LogP contribution in [0.2, 0.25) is 0 Å². The van der Waals surface area contributed by atoms with Crippen LogP contribution in [0, 0.1) is 12.7 Å². The highest BCUT2D eigenvalue weighted by Gasteiger charge is 2.21. The molecule has 4 amide bonds. The molecule has 0 heterocycles. The van der Waals surface area contributed by atoms with E-state index in [4.69, 9.17) is 10.5 Å². The zero-order valence-corrected chi connectivity index (χ0v) is 17.9. The molecule has 0 saturated heterocycles. The first-order chi connectivity index (χ1) is 14.4. The van der Waals surface area contributed by atoms with Gasteiger partial charge in [-0.05, 0) is 57.0 Å². The van der Waals surface area contributed by atoms with Gasteiger partial charge >= 0.3 is 12.1 Å². The predicted molar refractivity (Wildman–Crippen MR) is 116 cm³/mol. The molecule has 0 aromatic heterocycles. The third kappa shape index (κ3) is 7.61. The minimum absolute atomic E-state index is 0.0541. The first-order valence-corrected chi connectivity index (χ1v) is 9.65. The van der Waals surface area contributed by atoms with Crippen LogP contribution in [0.4, 0.5) is 25.4 Å². The molecule has 0 radical (unpaired) electrons. The number of aryl methyl sites for hydroxylation is 1. The summed E-state index contributed by atoms with van der Waals surface area (Å²) in [6.45, 7) is 6.96.